The lowest BCUT2D eigenvalue weighted by molar-refractivity contribution is 0.102. The van der Waals surface area contributed by atoms with Gasteiger partial charge in [-0.25, -0.2) is 13.2 Å². The van der Waals surface area contributed by atoms with Crippen LogP contribution in [-0.2, 0) is 0 Å². The molecule has 0 saturated heterocycles. The van der Waals surface area contributed by atoms with E-state index in [9.17, 15) is 18.0 Å². The lowest BCUT2D eigenvalue weighted by Crippen LogP contribution is -2.14. The standard InChI is InChI=1S/C13H6Br2F3NO/c14-6-1-2-7(8(15)3-6)13(20)19-12-5-10(17)9(16)4-11(12)18/h1-5H,(H,19,20). The summed E-state index contributed by atoms with van der Waals surface area (Å²) in [5.74, 6) is -4.25. The average Bonchev–Trinajstić information content (AvgIpc) is 2.35. The van der Waals surface area contributed by atoms with E-state index in [2.05, 4.69) is 37.2 Å². The van der Waals surface area contributed by atoms with E-state index in [1.165, 1.54) is 6.07 Å². The van der Waals surface area contributed by atoms with Crippen molar-refractivity contribution in [2.45, 2.75) is 0 Å². The fourth-order valence-electron chi connectivity index (χ4n) is 1.48. The maximum absolute atomic E-state index is 13.4. The molecule has 7 heteroatoms. The molecule has 2 nitrogen and oxygen atoms in total. The summed E-state index contributed by atoms with van der Waals surface area (Å²) in [6, 6.07) is 5.73. The van der Waals surface area contributed by atoms with Crippen LogP contribution >= 0.6 is 31.9 Å². The van der Waals surface area contributed by atoms with Gasteiger partial charge >= 0.3 is 0 Å². The van der Waals surface area contributed by atoms with Gasteiger partial charge in [0.2, 0.25) is 0 Å². The Morgan fingerprint density at radius 2 is 1.60 bits per heavy atom. The summed E-state index contributed by atoms with van der Waals surface area (Å²) in [6.45, 7) is 0. The Kier molecular flexibility index (Phi) is 4.49. The second-order valence-electron chi connectivity index (χ2n) is 3.82. The number of hydrogen-bond acceptors (Lipinski definition) is 1. The quantitative estimate of drug-likeness (QED) is 0.705. The first-order chi connectivity index (χ1) is 9.38. The summed E-state index contributed by atoms with van der Waals surface area (Å²) in [5.41, 5.74) is -0.193. The van der Waals surface area contributed by atoms with Crippen molar-refractivity contribution in [3.8, 4) is 0 Å². The summed E-state index contributed by atoms with van der Waals surface area (Å²) in [6.07, 6.45) is 0. The van der Waals surface area contributed by atoms with E-state index in [0.717, 1.165) is 4.47 Å². The lowest BCUT2D eigenvalue weighted by atomic mass is 10.2. The van der Waals surface area contributed by atoms with Crippen LogP contribution in [0.15, 0.2) is 39.3 Å². The predicted molar refractivity (Wildman–Crippen MR) is 76.1 cm³/mol. The molecule has 0 spiro atoms. The maximum atomic E-state index is 13.4. The normalized spacial score (nSPS) is 10.4. The number of rotatable bonds is 2. The van der Waals surface area contributed by atoms with Gasteiger partial charge in [-0.05, 0) is 34.1 Å². The Balaban J connectivity index is 2.30. The van der Waals surface area contributed by atoms with Crippen LogP contribution in [0.5, 0.6) is 0 Å². The molecular formula is C13H6Br2F3NO. The number of benzene rings is 2. The zero-order valence-electron chi connectivity index (χ0n) is 9.68. The second-order valence-corrected chi connectivity index (χ2v) is 5.59. The summed E-state index contributed by atoms with van der Waals surface area (Å²) in [4.78, 5) is 12.0. The number of carbonyl (C=O) groups is 1. The maximum Gasteiger partial charge on any atom is 0.256 e. The Hall–Kier alpha value is -1.34. The van der Waals surface area contributed by atoms with Gasteiger partial charge in [-0.3, -0.25) is 4.79 Å². The van der Waals surface area contributed by atoms with Crippen molar-refractivity contribution in [1.29, 1.82) is 0 Å². The molecule has 20 heavy (non-hydrogen) atoms. The fraction of sp³-hybridized carbons (Fsp3) is 0. The molecule has 0 heterocycles. The molecule has 0 fully saturated rings. The van der Waals surface area contributed by atoms with Gasteiger partial charge in [-0.2, -0.15) is 0 Å². The van der Waals surface area contributed by atoms with Crippen LogP contribution in [0.1, 0.15) is 10.4 Å². The van der Waals surface area contributed by atoms with Crippen molar-refractivity contribution in [3.05, 3.63) is 62.3 Å². The summed E-state index contributed by atoms with van der Waals surface area (Å²) in [5, 5.41) is 2.19. The van der Waals surface area contributed by atoms with Crippen LogP contribution in [0.3, 0.4) is 0 Å². The largest absolute Gasteiger partial charge is 0.319 e. The van der Waals surface area contributed by atoms with Gasteiger partial charge in [0.15, 0.2) is 11.6 Å². The summed E-state index contributed by atoms with van der Waals surface area (Å²) in [7, 11) is 0. The average molecular weight is 409 g/mol. The van der Waals surface area contributed by atoms with Gasteiger partial charge in [0.05, 0.1) is 11.3 Å². The number of hydrogen-bond donors (Lipinski definition) is 1. The highest BCUT2D eigenvalue weighted by Gasteiger charge is 2.15. The van der Waals surface area contributed by atoms with E-state index < -0.39 is 29.0 Å². The zero-order valence-corrected chi connectivity index (χ0v) is 12.9. The van der Waals surface area contributed by atoms with Gasteiger partial charge in [0.1, 0.15) is 5.82 Å². The molecule has 0 unspecified atom stereocenters. The predicted octanol–water partition coefficient (Wildman–Crippen LogP) is 4.88. The highest BCUT2D eigenvalue weighted by atomic mass is 79.9. The van der Waals surface area contributed by atoms with Crippen LogP contribution in [0.2, 0.25) is 0 Å². The van der Waals surface area contributed by atoms with Crippen molar-refractivity contribution >= 4 is 43.5 Å². The molecular weight excluding hydrogens is 403 g/mol. The third-order valence-corrected chi connectivity index (χ3v) is 3.58. The number of carbonyl (C=O) groups excluding carboxylic acids is 1. The van der Waals surface area contributed by atoms with E-state index in [1.807, 2.05) is 0 Å². The fourth-order valence-corrected chi connectivity index (χ4v) is 2.71. The van der Waals surface area contributed by atoms with Gasteiger partial charge in [-0.1, -0.05) is 15.9 Å². The van der Waals surface area contributed by atoms with Crippen LogP contribution in [0.4, 0.5) is 18.9 Å². The number of halogens is 5. The molecule has 0 radical (unpaired) electrons. The molecule has 2 aromatic rings. The minimum atomic E-state index is -1.31. The molecule has 0 aliphatic rings. The van der Waals surface area contributed by atoms with E-state index in [-0.39, 0.29) is 5.56 Å². The smallest absolute Gasteiger partial charge is 0.256 e. The third-order valence-electron chi connectivity index (χ3n) is 2.43. The molecule has 0 bridgehead atoms. The molecule has 2 rings (SSSR count). The first-order valence-electron chi connectivity index (χ1n) is 5.29. The van der Waals surface area contributed by atoms with Gasteiger partial charge in [0, 0.05) is 21.1 Å². The number of nitrogens with one attached hydrogen (secondary N) is 1. The van der Waals surface area contributed by atoms with Crippen molar-refractivity contribution in [1.82, 2.24) is 0 Å². The SMILES string of the molecule is O=C(Nc1cc(F)c(F)cc1F)c1ccc(Br)cc1Br. The molecule has 0 atom stereocenters. The lowest BCUT2D eigenvalue weighted by Gasteiger charge is -2.08. The monoisotopic (exact) mass is 407 g/mol. The second kappa shape index (κ2) is 5.97. The molecule has 1 amide bonds. The van der Waals surface area contributed by atoms with E-state index in [0.29, 0.717) is 16.6 Å². The van der Waals surface area contributed by atoms with Crippen molar-refractivity contribution in [2.24, 2.45) is 0 Å². The topological polar surface area (TPSA) is 29.1 Å². The third kappa shape index (κ3) is 3.21. The minimum Gasteiger partial charge on any atom is -0.319 e. The molecule has 0 aliphatic carbocycles. The summed E-state index contributed by atoms with van der Waals surface area (Å²) >= 11 is 6.42. The van der Waals surface area contributed by atoms with Gasteiger partial charge in [-0.15, -0.1) is 0 Å². The molecule has 0 aliphatic heterocycles. The molecule has 0 saturated carbocycles. The highest BCUT2D eigenvalue weighted by molar-refractivity contribution is 9.11. The van der Waals surface area contributed by atoms with Crippen LogP contribution in [-0.4, -0.2) is 5.91 Å². The number of amides is 1. The first-order valence-corrected chi connectivity index (χ1v) is 6.88. The van der Waals surface area contributed by atoms with Crippen molar-refractivity contribution in [2.75, 3.05) is 5.32 Å². The van der Waals surface area contributed by atoms with Gasteiger partial charge < -0.3 is 5.32 Å². The highest BCUT2D eigenvalue weighted by Crippen LogP contribution is 2.24. The zero-order chi connectivity index (χ0) is 14.9. The van der Waals surface area contributed by atoms with Crippen LogP contribution < -0.4 is 5.32 Å². The first kappa shape index (κ1) is 15.1. The Morgan fingerprint density at radius 3 is 2.25 bits per heavy atom. The van der Waals surface area contributed by atoms with Crippen molar-refractivity contribution < 1.29 is 18.0 Å². The number of anilines is 1. The molecule has 0 aromatic heterocycles. The van der Waals surface area contributed by atoms with Crippen LogP contribution in [0.25, 0.3) is 0 Å². The van der Waals surface area contributed by atoms with Crippen molar-refractivity contribution in [3.63, 3.8) is 0 Å². The van der Waals surface area contributed by atoms with Crippen LogP contribution in [0, 0.1) is 17.5 Å². The van der Waals surface area contributed by atoms with E-state index in [4.69, 9.17) is 0 Å². The minimum absolute atomic E-state index is 0.234. The molecule has 104 valence electrons. The Morgan fingerprint density at radius 1 is 0.950 bits per heavy atom. The molecule has 1 N–H and O–H groups in total. The summed E-state index contributed by atoms with van der Waals surface area (Å²) < 4.78 is 40.5. The van der Waals surface area contributed by atoms with E-state index in [1.54, 1.807) is 12.1 Å². The Bertz CT molecular complexity index is 692. The Labute approximate surface area is 129 Å². The molecule has 2 aromatic carbocycles. The van der Waals surface area contributed by atoms with E-state index >= 15 is 0 Å². The van der Waals surface area contributed by atoms with Gasteiger partial charge in [0.25, 0.3) is 5.91 Å².